The average molecular weight is 485 g/mol. The smallest absolute Gasteiger partial charge is 0.251 e. The molecule has 4 aromatic rings. The molecule has 8 heteroatoms. The maximum atomic E-state index is 12.4. The molecule has 0 aliphatic carbocycles. The van der Waals surface area contributed by atoms with E-state index >= 15 is 0 Å². The second-order valence-electron chi connectivity index (χ2n) is 8.93. The number of amides is 1. The van der Waals surface area contributed by atoms with Crippen molar-refractivity contribution in [3.8, 4) is 22.5 Å². The first-order chi connectivity index (χ1) is 17.7. The van der Waals surface area contributed by atoms with Crippen molar-refractivity contribution in [2.75, 3.05) is 51.1 Å². The Morgan fingerprint density at radius 1 is 1.00 bits per heavy atom. The maximum Gasteiger partial charge on any atom is 0.251 e. The number of carbonyl (C=O) groups excluding carboxylic acids is 1. The number of piperazine rings is 1. The van der Waals surface area contributed by atoms with Gasteiger partial charge in [-0.3, -0.25) is 9.69 Å². The summed E-state index contributed by atoms with van der Waals surface area (Å²) in [6.45, 7) is 8.58. The Labute approximate surface area is 211 Å². The number of carbonyl (C=O) groups is 1. The fourth-order valence-electron chi connectivity index (χ4n) is 4.53. The van der Waals surface area contributed by atoms with E-state index in [1.54, 1.807) is 6.33 Å². The van der Waals surface area contributed by atoms with Crippen LogP contribution in [0, 0.1) is 0 Å². The third kappa shape index (κ3) is 5.24. The fourth-order valence-corrected chi connectivity index (χ4v) is 4.53. The number of anilines is 1. The number of nitrogens with zero attached hydrogens (tertiary/aromatic N) is 3. The van der Waals surface area contributed by atoms with E-state index in [0.717, 1.165) is 73.6 Å². The molecule has 1 saturated heterocycles. The molecule has 0 bridgehead atoms. The Morgan fingerprint density at radius 3 is 2.53 bits per heavy atom. The summed E-state index contributed by atoms with van der Waals surface area (Å²) in [4.78, 5) is 23.8. The zero-order valence-corrected chi connectivity index (χ0v) is 20.6. The van der Waals surface area contributed by atoms with E-state index in [9.17, 15) is 4.79 Å². The molecule has 36 heavy (non-hydrogen) atoms. The van der Waals surface area contributed by atoms with E-state index in [4.69, 9.17) is 4.42 Å². The standard InChI is InChI=1S/C28H32N6O2/c1-2-12-31-27(35)22-10-8-21(9-11-22)25-23(20-6-4-3-5-7-20)24-26(32-19-33-28(24)36-25)30-15-18-34-16-13-29-14-17-34/h3-11,19,29H,2,12-18H2,1H3,(H,31,35)(H,30,32,33). The number of benzene rings is 2. The lowest BCUT2D eigenvalue weighted by Gasteiger charge is -2.27. The molecule has 1 aliphatic heterocycles. The Hall–Kier alpha value is -3.75. The number of fused-ring (bicyclic) bond motifs is 1. The highest BCUT2D eigenvalue weighted by atomic mass is 16.3. The quantitative estimate of drug-likeness (QED) is 0.330. The molecule has 186 valence electrons. The van der Waals surface area contributed by atoms with Gasteiger partial charge in [-0.1, -0.05) is 49.4 Å². The Kier molecular flexibility index (Phi) is 7.54. The second-order valence-corrected chi connectivity index (χ2v) is 8.93. The van der Waals surface area contributed by atoms with Crippen LogP contribution in [-0.2, 0) is 0 Å². The summed E-state index contributed by atoms with van der Waals surface area (Å²) < 4.78 is 6.33. The third-order valence-corrected chi connectivity index (χ3v) is 6.43. The molecular weight excluding hydrogens is 452 g/mol. The molecule has 0 radical (unpaired) electrons. The molecule has 5 rings (SSSR count). The van der Waals surface area contributed by atoms with Crippen LogP contribution in [0.1, 0.15) is 23.7 Å². The number of furan rings is 1. The van der Waals surface area contributed by atoms with Crippen LogP contribution in [0.3, 0.4) is 0 Å². The van der Waals surface area contributed by atoms with E-state index in [0.29, 0.717) is 23.6 Å². The Morgan fingerprint density at radius 2 is 1.78 bits per heavy atom. The molecule has 2 aromatic carbocycles. The SMILES string of the molecule is CCCNC(=O)c1ccc(-c2oc3ncnc(NCCN4CCNCC4)c3c2-c2ccccc2)cc1. The zero-order chi connectivity index (χ0) is 24.7. The van der Waals surface area contributed by atoms with Crippen molar-refractivity contribution < 1.29 is 9.21 Å². The minimum atomic E-state index is -0.0712. The van der Waals surface area contributed by atoms with Crippen LogP contribution in [0.5, 0.6) is 0 Å². The highest BCUT2D eigenvalue weighted by molar-refractivity contribution is 6.06. The Balaban J connectivity index is 1.49. The lowest BCUT2D eigenvalue weighted by Crippen LogP contribution is -2.45. The number of aromatic nitrogens is 2. The van der Waals surface area contributed by atoms with Gasteiger partial charge in [0.1, 0.15) is 17.9 Å². The molecule has 1 fully saturated rings. The van der Waals surface area contributed by atoms with Gasteiger partial charge in [0, 0.05) is 62.5 Å². The summed E-state index contributed by atoms with van der Waals surface area (Å²) in [7, 11) is 0. The van der Waals surface area contributed by atoms with Crippen LogP contribution in [0.15, 0.2) is 65.3 Å². The first kappa shape index (κ1) is 24.0. The largest absolute Gasteiger partial charge is 0.437 e. The van der Waals surface area contributed by atoms with Crippen molar-refractivity contribution in [1.29, 1.82) is 0 Å². The van der Waals surface area contributed by atoms with Crippen molar-refractivity contribution in [3.63, 3.8) is 0 Å². The normalized spacial score (nSPS) is 14.1. The lowest BCUT2D eigenvalue weighted by atomic mass is 9.98. The van der Waals surface area contributed by atoms with Gasteiger partial charge in [-0.15, -0.1) is 0 Å². The minimum Gasteiger partial charge on any atom is -0.437 e. The van der Waals surface area contributed by atoms with Gasteiger partial charge in [-0.2, -0.15) is 0 Å². The van der Waals surface area contributed by atoms with Crippen LogP contribution >= 0.6 is 0 Å². The zero-order valence-electron chi connectivity index (χ0n) is 20.6. The highest BCUT2D eigenvalue weighted by Gasteiger charge is 2.22. The molecule has 0 atom stereocenters. The van der Waals surface area contributed by atoms with Crippen LogP contribution < -0.4 is 16.0 Å². The molecule has 2 aromatic heterocycles. The van der Waals surface area contributed by atoms with E-state index in [1.807, 2.05) is 49.4 Å². The van der Waals surface area contributed by atoms with E-state index in [1.165, 1.54) is 0 Å². The first-order valence-corrected chi connectivity index (χ1v) is 12.6. The van der Waals surface area contributed by atoms with Gasteiger partial charge in [0.15, 0.2) is 0 Å². The molecule has 0 spiro atoms. The van der Waals surface area contributed by atoms with Crippen molar-refractivity contribution in [2.24, 2.45) is 0 Å². The van der Waals surface area contributed by atoms with Gasteiger partial charge in [0.05, 0.1) is 5.39 Å². The first-order valence-electron chi connectivity index (χ1n) is 12.6. The van der Waals surface area contributed by atoms with Gasteiger partial charge in [0.25, 0.3) is 5.91 Å². The molecule has 1 amide bonds. The molecule has 0 unspecified atom stereocenters. The summed E-state index contributed by atoms with van der Waals surface area (Å²) in [5.74, 6) is 1.40. The molecular formula is C28H32N6O2. The topological polar surface area (TPSA) is 95.3 Å². The lowest BCUT2D eigenvalue weighted by molar-refractivity contribution is 0.0953. The summed E-state index contributed by atoms with van der Waals surface area (Å²) in [5, 5.41) is 10.7. The highest BCUT2D eigenvalue weighted by Crippen LogP contribution is 2.42. The van der Waals surface area contributed by atoms with Crippen LogP contribution in [0.4, 0.5) is 5.82 Å². The van der Waals surface area contributed by atoms with E-state index < -0.39 is 0 Å². The van der Waals surface area contributed by atoms with Gasteiger partial charge in [-0.05, 0) is 24.1 Å². The average Bonchev–Trinajstić information content (AvgIpc) is 3.33. The summed E-state index contributed by atoms with van der Waals surface area (Å²) >= 11 is 0. The number of rotatable bonds is 9. The fraction of sp³-hybridized carbons (Fsp3) is 0.321. The Bertz CT molecular complexity index is 1300. The van der Waals surface area contributed by atoms with Crippen molar-refractivity contribution in [3.05, 3.63) is 66.5 Å². The van der Waals surface area contributed by atoms with E-state index in [2.05, 4.69) is 43.0 Å². The predicted molar refractivity (Wildman–Crippen MR) is 143 cm³/mol. The third-order valence-electron chi connectivity index (χ3n) is 6.43. The summed E-state index contributed by atoms with van der Waals surface area (Å²) in [6.07, 6.45) is 2.44. The van der Waals surface area contributed by atoms with Gasteiger partial charge in [0.2, 0.25) is 5.71 Å². The number of hydrogen-bond donors (Lipinski definition) is 3. The molecule has 0 saturated carbocycles. The minimum absolute atomic E-state index is 0.0712. The molecule has 8 nitrogen and oxygen atoms in total. The maximum absolute atomic E-state index is 12.4. The van der Waals surface area contributed by atoms with Gasteiger partial charge in [-0.25, -0.2) is 9.97 Å². The van der Waals surface area contributed by atoms with Crippen molar-refractivity contribution >= 4 is 22.8 Å². The van der Waals surface area contributed by atoms with Crippen LogP contribution in [0.25, 0.3) is 33.6 Å². The number of hydrogen-bond acceptors (Lipinski definition) is 7. The van der Waals surface area contributed by atoms with Gasteiger partial charge >= 0.3 is 0 Å². The summed E-state index contributed by atoms with van der Waals surface area (Å²) in [6, 6.07) is 17.7. The molecule has 3 N–H and O–H groups in total. The van der Waals surface area contributed by atoms with E-state index in [-0.39, 0.29) is 5.91 Å². The van der Waals surface area contributed by atoms with Crippen molar-refractivity contribution in [2.45, 2.75) is 13.3 Å². The monoisotopic (exact) mass is 484 g/mol. The van der Waals surface area contributed by atoms with Gasteiger partial charge < -0.3 is 20.4 Å². The summed E-state index contributed by atoms with van der Waals surface area (Å²) in [5.41, 5.74) is 4.01. The predicted octanol–water partition coefficient (Wildman–Crippen LogP) is 4.01. The van der Waals surface area contributed by atoms with Crippen LogP contribution in [-0.4, -0.2) is 66.6 Å². The van der Waals surface area contributed by atoms with Crippen molar-refractivity contribution in [1.82, 2.24) is 25.5 Å². The molecule has 3 heterocycles. The second kappa shape index (κ2) is 11.3. The molecule has 1 aliphatic rings. The number of nitrogens with one attached hydrogen (secondary N) is 3. The van der Waals surface area contributed by atoms with Crippen LogP contribution in [0.2, 0.25) is 0 Å².